The molecule has 5 heteroatoms. The Morgan fingerprint density at radius 3 is 2.44 bits per heavy atom. The van der Waals surface area contributed by atoms with Crippen molar-refractivity contribution in [2.75, 3.05) is 33.4 Å². The molecule has 0 aromatic rings. The second-order valence-electron chi connectivity index (χ2n) is 4.50. The Morgan fingerprint density at radius 1 is 1.19 bits per heavy atom. The van der Waals surface area contributed by atoms with Crippen molar-refractivity contribution in [3.8, 4) is 0 Å². The van der Waals surface area contributed by atoms with Crippen LogP contribution in [0.2, 0.25) is 0 Å². The van der Waals surface area contributed by atoms with Crippen molar-refractivity contribution >= 4 is 6.09 Å². The number of nitrogens with one attached hydrogen (secondary N) is 2. The molecule has 0 aromatic heterocycles. The van der Waals surface area contributed by atoms with Crippen molar-refractivity contribution < 1.29 is 14.3 Å². The van der Waals surface area contributed by atoms with E-state index in [9.17, 15) is 4.79 Å². The molecule has 0 heterocycles. The van der Waals surface area contributed by atoms with Crippen LogP contribution in [0.5, 0.6) is 0 Å². The van der Waals surface area contributed by atoms with Gasteiger partial charge in [0.25, 0.3) is 0 Å². The van der Waals surface area contributed by atoms with Crippen LogP contribution in [-0.2, 0) is 9.47 Å². The first kappa shape index (κ1) is 15.2. The lowest BCUT2D eigenvalue weighted by molar-refractivity contribution is 0.0520. The van der Waals surface area contributed by atoms with Gasteiger partial charge in [-0.25, -0.2) is 4.79 Å². The standard InChI is InChI=1S/C11H24N2O3/c1-11(2,3)16-10(14)13-6-5-8-15-9-7-12-4/h12H,5-9H2,1-4H3,(H,13,14). The molecule has 0 aromatic carbocycles. The fraction of sp³-hybridized carbons (Fsp3) is 0.909. The van der Waals surface area contributed by atoms with Crippen molar-refractivity contribution in [1.29, 1.82) is 0 Å². The van der Waals surface area contributed by atoms with E-state index in [2.05, 4.69) is 10.6 Å². The molecule has 0 rings (SSSR count). The summed E-state index contributed by atoms with van der Waals surface area (Å²) in [6, 6.07) is 0. The van der Waals surface area contributed by atoms with Gasteiger partial charge in [-0.15, -0.1) is 0 Å². The highest BCUT2D eigenvalue weighted by atomic mass is 16.6. The number of likely N-dealkylation sites (N-methyl/N-ethyl adjacent to an activating group) is 1. The van der Waals surface area contributed by atoms with Gasteiger partial charge >= 0.3 is 6.09 Å². The molecular weight excluding hydrogens is 208 g/mol. The Balaban J connectivity index is 3.28. The second kappa shape index (κ2) is 8.35. The summed E-state index contributed by atoms with van der Waals surface area (Å²) in [5.74, 6) is 0. The number of carbonyl (C=O) groups excluding carboxylic acids is 1. The van der Waals surface area contributed by atoms with Gasteiger partial charge in [-0.2, -0.15) is 0 Å². The zero-order chi connectivity index (χ0) is 12.4. The lowest BCUT2D eigenvalue weighted by atomic mass is 10.2. The normalized spacial score (nSPS) is 11.2. The summed E-state index contributed by atoms with van der Waals surface area (Å²) in [7, 11) is 1.88. The van der Waals surface area contributed by atoms with Gasteiger partial charge in [-0.1, -0.05) is 0 Å². The van der Waals surface area contributed by atoms with E-state index in [1.807, 2.05) is 27.8 Å². The molecular formula is C11H24N2O3. The van der Waals surface area contributed by atoms with E-state index in [1.165, 1.54) is 0 Å². The molecule has 0 radical (unpaired) electrons. The summed E-state index contributed by atoms with van der Waals surface area (Å²) in [5, 5.41) is 5.66. The van der Waals surface area contributed by atoms with Crippen LogP contribution in [0.1, 0.15) is 27.2 Å². The molecule has 0 fully saturated rings. The average Bonchev–Trinajstić information content (AvgIpc) is 2.13. The van der Waals surface area contributed by atoms with Crippen LogP contribution in [0, 0.1) is 0 Å². The molecule has 2 N–H and O–H groups in total. The van der Waals surface area contributed by atoms with E-state index >= 15 is 0 Å². The third-order valence-electron chi connectivity index (χ3n) is 1.63. The largest absolute Gasteiger partial charge is 0.444 e. The smallest absolute Gasteiger partial charge is 0.407 e. The topological polar surface area (TPSA) is 59.6 Å². The van der Waals surface area contributed by atoms with E-state index in [0.29, 0.717) is 19.8 Å². The fourth-order valence-corrected chi connectivity index (χ4v) is 0.955. The molecule has 0 aliphatic rings. The zero-order valence-electron chi connectivity index (χ0n) is 10.8. The van der Waals surface area contributed by atoms with Crippen LogP contribution in [0.15, 0.2) is 0 Å². The molecule has 0 saturated heterocycles. The molecule has 1 amide bonds. The number of hydrogen-bond acceptors (Lipinski definition) is 4. The highest BCUT2D eigenvalue weighted by Crippen LogP contribution is 2.06. The van der Waals surface area contributed by atoms with Gasteiger partial charge in [0, 0.05) is 19.7 Å². The predicted octanol–water partition coefficient (Wildman–Crippen LogP) is 1.14. The number of rotatable bonds is 7. The van der Waals surface area contributed by atoms with Crippen LogP contribution in [0.25, 0.3) is 0 Å². The van der Waals surface area contributed by atoms with Gasteiger partial charge in [-0.3, -0.25) is 0 Å². The van der Waals surface area contributed by atoms with Gasteiger partial charge in [-0.05, 0) is 34.2 Å². The highest BCUT2D eigenvalue weighted by molar-refractivity contribution is 5.67. The molecule has 16 heavy (non-hydrogen) atoms. The number of amides is 1. The maximum Gasteiger partial charge on any atom is 0.407 e. The zero-order valence-corrected chi connectivity index (χ0v) is 10.8. The Kier molecular flexibility index (Phi) is 7.93. The molecule has 0 saturated carbocycles. The van der Waals surface area contributed by atoms with E-state index in [-0.39, 0.29) is 6.09 Å². The molecule has 5 nitrogen and oxygen atoms in total. The predicted molar refractivity (Wildman–Crippen MR) is 63.6 cm³/mol. The highest BCUT2D eigenvalue weighted by Gasteiger charge is 2.15. The Hall–Kier alpha value is -0.810. The minimum absolute atomic E-state index is 0.372. The molecule has 0 spiro atoms. The summed E-state index contributed by atoms with van der Waals surface area (Å²) >= 11 is 0. The SMILES string of the molecule is CNCCOCCCNC(=O)OC(C)(C)C. The van der Waals surface area contributed by atoms with Gasteiger partial charge in [0.1, 0.15) is 5.60 Å². The van der Waals surface area contributed by atoms with E-state index < -0.39 is 5.60 Å². The first-order chi connectivity index (χ1) is 7.45. The number of ether oxygens (including phenoxy) is 2. The summed E-state index contributed by atoms with van der Waals surface area (Å²) in [6.07, 6.45) is 0.422. The fourth-order valence-electron chi connectivity index (χ4n) is 0.955. The van der Waals surface area contributed by atoms with Crippen molar-refractivity contribution in [2.45, 2.75) is 32.8 Å². The van der Waals surface area contributed by atoms with E-state index in [4.69, 9.17) is 9.47 Å². The quantitative estimate of drug-likeness (QED) is 0.646. The molecule has 0 bridgehead atoms. The third kappa shape index (κ3) is 11.3. The van der Waals surface area contributed by atoms with Gasteiger partial charge in [0.15, 0.2) is 0 Å². The van der Waals surface area contributed by atoms with Crippen LogP contribution in [0.3, 0.4) is 0 Å². The Bertz CT molecular complexity index is 190. The van der Waals surface area contributed by atoms with Gasteiger partial charge in [0.05, 0.1) is 6.61 Å². The minimum atomic E-state index is -0.437. The van der Waals surface area contributed by atoms with E-state index in [1.54, 1.807) is 0 Å². The lowest BCUT2D eigenvalue weighted by Gasteiger charge is -2.19. The van der Waals surface area contributed by atoms with Crippen LogP contribution < -0.4 is 10.6 Å². The van der Waals surface area contributed by atoms with Gasteiger partial charge in [0.2, 0.25) is 0 Å². The van der Waals surface area contributed by atoms with Crippen LogP contribution in [0.4, 0.5) is 4.79 Å². The van der Waals surface area contributed by atoms with Crippen molar-refractivity contribution in [3.63, 3.8) is 0 Å². The monoisotopic (exact) mass is 232 g/mol. The third-order valence-corrected chi connectivity index (χ3v) is 1.63. The second-order valence-corrected chi connectivity index (χ2v) is 4.50. The van der Waals surface area contributed by atoms with Gasteiger partial charge < -0.3 is 20.1 Å². The maximum absolute atomic E-state index is 11.2. The van der Waals surface area contributed by atoms with Crippen molar-refractivity contribution in [3.05, 3.63) is 0 Å². The number of hydrogen-bond donors (Lipinski definition) is 2. The van der Waals surface area contributed by atoms with Crippen LogP contribution >= 0.6 is 0 Å². The Labute approximate surface area is 97.9 Å². The van der Waals surface area contributed by atoms with Crippen molar-refractivity contribution in [2.24, 2.45) is 0 Å². The molecule has 0 atom stereocenters. The molecule has 0 aliphatic heterocycles. The molecule has 0 unspecified atom stereocenters. The number of carbonyl (C=O) groups is 1. The van der Waals surface area contributed by atoms with E-state index in [0.717, 1.165) is 13.0 Å². The first-order valence-corrected chi connectivity index (χ1v) is 5.65. The molecule has 0 aliphatic carbocycles. The maximum atomic E-state index is 11.2. The lowest BCUT2D eigenvalue weighted by Crippen LogP contribution is -2.33. The molecule has 96 valence electrons. The Morgan fingerprint density at radius 2 is 1.88 bits per heavy atom. The summed E-state index contributed by atoms with van der Waals surface area (Å²) in [4.78, 5) is 11.2. The van der Waals surface area contributed by atoms with Crippen LogP contribution in [-0.4, -0.2) is 45.0 Å². The summed E-state index contributed by atoms with van der Waals surface area (Å²) < 4.78 is 10.4. The summed E-state index contributed by atoms with van der Waals surface area (Å²) in [6.45, 7) is 8.29. The van der Waals surface area contributed by atoms with Crippen molar-refractivity contribution in [1.82, 2.24) is 10.6 Å². The minimum Gasteiger partial charge on any atom is -0.444 e. The number of alkyl carbamates (subject to hydrolysis) is 1. The summed E-state index contributed by atoms with van der Waals surface area (Å²) in [5.41, 5.74) is -0.437. The first-order valence-electron chi connectivity index (χ1n) is 5.65. The average molecular weight is 232 g/mol.